The fourth-order valence-electron chi connectivity index (χ4n) is 3.88. The van der Waals surface area contributed by atoms with Crippen molar-refractivity contribution in [1.29, 1.82) is 0 Å². The van der Waals surface area contributed by atoms with E-state index in [1.54, 1.807) is 6.20 Å². The minimum absolute atomic E-state index is 0.0147. The number of hydrogen-bond acceptors (Lipinski definition) is 5. The maximum atomic E-state index is 12.7. The van der Waals surface area contributed by atoms with E-state index in [9.17, 15) is 4.79 Å². The van der Waals surface area contributed by atoms with Gasteiger partial charge in [-0.3, -0.25) is 9.88 Å². The minimum atomic E-state index is -0.0147. The number of benzene rings is 1. The first-order valence-corrected chi connectivity index (χ1v) is 9.88. The highest BCUT2D eigenvalue weighted by Gasteiger charge is 2.32. The molecule has 28 heavy (non-hydrogen) atoms. The zero-order valence-electron chi connectivity index (χ0n) is 16.5. The number of piperazine rings is 1. The molecule has 2 aromatic rings. The predicted molar refractivity (Wildman–Crippen MR) is 110 cm³/mol. The number of aryl methyl sites for hydroxylation is 2. The highest BCUT2D eigenvalue weighted by molar-refractivity contribution is 5.90. The SMILES string of the molecule is Cc1ccc(C)c(NC(=O)N2CCN(C3CC(c4cccnc4)NN3)CC2)c1. The van der Waals surface area contributed by atoms with Gasteiger partial charge in [-0.25, -0.2) is 15.6 Å². The predicted octanol–water partition coefficient (Wildman–Crippen LogP) is 2.41. The van der Waals surface area contributed by atoms with Crippen LogP contribution in [0.2, 0.25) is 0 Å². The van der Waals surface area contributed by atoms with Crippen LogP contribution in [-0.4, -0.2) is 53.2 Å². The zero-order chi connectivity index (χ0) is 19.5. The van der Waals surface area contributed by atoms with E-state index in [1.165, 1.54) is 5.56 Å². The molecule has 148 valence electrons. The molecule has 0 saturated carbocycles. The summed E-state index contributed by atoms with van der Waals surface area (Å²) in [7, 11) is 0. The van der Waals surface area contributed by atoms with Gasteiger partial charge in [-0.15, -0.1) is 0 Å². The summed E-state index contributed by atoms with van der Waals surface area (Å²) < 4.78 is 0. The van der Waals surface area contributed by atoms with Crippen molar-refractivity contribution in [3.8, 4) is 0 Å². The molecule has 1 aromatic carbocycles. The molecule has 4 rings (SSSR count). The second-order valence-electron chi connectivity index (χ2n) is 7.65. The first-order valence-electron chi connectivity index (χ1n) is 9.88. The summed E-state index contributed by atoms with van der Waals surface area (Å²) in [5, 5.41) is 3.07. The van der Waals surface area contributed by atoms with Crippen LogP contribution in [0.4, 0.5) is 10.5 Å². The fourth-order valence-corrected chi connectivity index (χ4v) is 3.88. The Balaban J connectivity index is 1.29. The van der Waals surface area contributed by atoms with Gasteiger partial charge >= 0.3 is 6.03 Å². The molecule has 0 bridgehead atoms. The summed E-state index contributed by atoms with van der Waals surface area (Å²) in [6.45, 7) is 7.23. The first kappa shape index (κ1) is 18.9. The molecule has 3 N–H and O–H groups in total. The number of carbonyl (C=O) groups excluding carboxylic acids is 1. The largest absolute Gasteiger partial charge is 0.322 e. The van der Waals surface area contributed by atoms with Gasteiger partial charge in [0.2, 0.25) is 0 Å². The van der Waals surface area contributed by atoms with Crippen molar-refractivity contribution in [3.63, 3.8) is 0 Å². The van der Waals surface area contributed by atoms with Crippen LogP contribution in [-0.2, 0) is 0 Å². The Morgan fingerprint density at radius 2 is 1.96 bits per heavy atom. The van der Waals surface area contributed by atoms with Gasteiger partial charge in [0.05, 0.1) is 12.2 Å². The monoisotopic (exact) mass is 380 g/mol. The maximum Gasteiger partial charge on any atom is 0.321 e. The van der Waals surface area contributed by atoms with Gasteiger partial charge in [0.15, 0.2) is 0 Å². The third-order valence-electron chi connectivity index (χ3n) is 5.65. The highest BCUT2D eigenvalue weighted by atomic mass is 16.2. The Hall–Kier alpha value is -2.48. The molecule has 0 aliphatic carbocycles. The Labute approximate surface area is 166 Å². The Bertz CT molecular complexity index is 819. The molecule has 2 saturated heterocycles. The van der Waals surface area contributed by atoms with Crippen LogP contribution in [0, 0.1) is 13.8 Å². The lowest BCUT2D eigenvalue weighted by atomic mass is 10.1. The van der Waals surface area contributed by atoms with E-state index in [-0.39, 0.29) is 18.2 Å². The number of nitrogens with one attached hydrogen (secondary N) is 3. The minimum Gasteiger partial charge on any atom is -0.322 e. The van der Waals surface area contributed by atoms with E-state index < -0.39 is 0 Å². The molecule has 7 nitrogen and oxygen atoms in total. The number of anilines is 1. The lowest BCUT2D eigenvalue weighted by molar-refractivity contribution is 0.103. The van der Waals surface area contributed by atoms with Crippen molar-refractivity contribution in [2.45, 2.75) is 32.5 Å². The second kappa shape index (κ2) is 8.26. The van der Waals surface area contributed by atoms with E-state index in [0.717, 1.165) is 49.4 Å². The molecule has 2 fully saturated rings. The van der Waals surface area contributed by atoms with Crippen molar-refractivity contribution in [2.24, 2.45) is 0 Å². The number of amides is 2. The van der Waals surface area contributed by atoms with Crippen LogP contribution in [0.15, 0.2) is 42.7 Å². The zero-order valence-corrected chi connectivity index (χ0v) is 16.5. The van der Waals surface area contributed by atoms with Crippen LogP contribution < -0.4 is 16.2 Å². The van der Waals surface area contributed by atoms with Gasteiger partial charge < -0.3 is 10.2 Å². The highest BCUT2D eigenvalue weighted by Crippen LogP contribution is 2.24. The summed E-state index contributed by atoms with van der Waals surface area (Å²) in [4.78, 5) is 21.2. The molecule has 1 aromatic heterocycles. The number of pyridine rings is 1. The number of urea groups is 1. The van der Waals surface area contributed by atoms with Gasteiger partial charge in [0.1, 0.15) is 0 Å². The average molecular weight is 380 g/mol. The summed E-state index contributed by atoms with van der Waals surface area (Å²) in [5.41, 5.74) is 11.1. The number of carbonyl (C=O) groups is 1. The van der Waals surface area contributed by atoms with E-state index >= 15 is 0 Å². The summed E-state index contributed by atoms with van der Waals surface area (Å²) in [6.07, 6.45) is 4.97. The van der Waals surface area contributed by atoms with Gasteiger partial charge in [-0.1, -0.05) is 18.2 Å². The fraction of sp³-hybridized carbons (Fsp3) is 0.429. The maximum absolute atomic E-state index is 12.7. The van der Waals surface area contributed by atoms with Crippen LogP contribution in [0.1, 0.15) is 29.2 Å². The molecule has 0 radical (unpaired) electrons. The van der Waals surface area contributed by atoms with E-state index in [0.29, 0.717) is 0 Å². The molecular weight excluding hydrogens is 352 g/mol. The van der Waals surface area contributed by atoms with Gasteiger partial charge in [-0.05, 0) is 49.1 Å². The van der Waals surface area contributed by atoms with E-state index in [4.69, 9.17) is 0 Å². The Morgan fingerprint density at radius 1 is 1.14 bits per heavy atom. The molecule has 2 atom stereocenters. The molecule has 2 amide bonds. The van der Waals surface area contributed by atoms with Gasteiger partial charge in [-0.2, -0.15) is 0 Å². The number of nitrogens with zero attached hydrogens (tertiary/aromatic N) is 3. The molecule has 3 heterocycles. The molecule has 7 heteroatoms. The van der Waals surface area contributed by atoms with Crippen molar-refractivity contribution in [1.82, 2.24) is 25.6 Å². The summed E-state index contributed by atoms with van der Waals surface area (Å²) in [6, 6.07) is 10.5. The molecule has 0 spiro atoms. The average Bonchev–Trinajstić information content (AvgIpc) is 3.22. The number of hydrazine groups is 1. The van der Waals surface area contributed by atoms with Crippen LogP contribution >= 0.6 is 0 Å². The lowest BCUT2D eigenvalue weighted by Gasteiger charge is -2.37. The molecule has 2 aliphatic rings. The molecule has 2 unspecified atom stereocenters. The third-order valence-corrected chi connectivity index (χ3v) is 5.65. The van der Waals surface area contributed by atoms with Crippen molar-refractivity contribution >= 4 is 11.7 Å². The molecule has 2 aliphatic heterocycles. The van der Waals surface area contributed by atoms with E-state index in [2.05, 4.69) is 38.2 Å². The quantitative estimate of drug-likeness (QED) is 0.763. The van der Waals surface area contributed by atoms with Crippen molar-refractivity contribution < 1.29 is 4.79 Å². The number of rotatable bonds is 3. The molecular formula is C21H28N6O. The second-order valence-corrected chi connectivity index (χ2v) is 7.65. The number of hydrogen-bond donors (Lipinski definition) is 3. The normalized spacial score (nSPS) is 23.0. The van der Waals surface area contributed by atoms with Crippen LogP contribution in [0.25, 0.3) is 0 Å². The summed E-state index contributed by atoms with van der Waals surface area (Å²) >= 11 is 0. The third kappa shape index (κ3) is 4.16. The van der Waals surface area contributed by atoms with Crippen LogP contribution in [0.3, 0.4) is 0 Å². The van der Waals surface area contributed by atoms with Gasteiger partial charge in [0, 0.05) is 44.3 Å². The lowest BCUT2D eigenvalue weighted by Crippen LogP contribution is -2.55. The van der Waals surface area contributed by atoms with Crippen molar-refractivity contribution in [3.05, 3.63) is 59.4 Å². The number of aromatic nitrogens is 1. The first-order chi connectivity index (χ1) is 13.6. The van der Waals surface area contributed by atoms with Gasteiger partial charge in [0.25, 0.3) is 0 Å². The van der Waals surface area contributed by atoms with Crippen LogP contribution in [0.5, 0.6) is 0 Å². The van der Waals surface area contributed by atoms with Crippen molar-refractivity contribution in [2.75, 3.05) is 31.5 Å². The van der Waals surface area contributed by atoms with E-state index in [1.807, 2.05) is 43.1 Å². The topological polar surface area (TPSA) is 72.5 Å². The standard InChI is InChI=1S/C21H28N6O/c1-15-5-6-16(2)18(12-15)23-21(28)27-10-8-26(9-11-27)20-13-19(24-25-20)17-4-3-7-22-14-17/h3-7,12,14,19-20,24-25H,8-11,13H2,1-2H3,(H,23,28). The summed E-state index contributed by atoms with van der Waals surface area (Å²) in [5.74, 6) is 0. The smallest absolute Gasteiger partial charge is 0.321 e. The Morgan fingerprint density at radius 3 is 2.71 bits per heavy atom. The Kier molecular flexibility index (Phi) is 5.57.